The molecule has 1 atom stereocenters. The van der Waals surface area contributed by atoms with Gasteiger partial charge in [0.1, 0.15) is 0 Å². The number of hydrogen-bond acceptors (Lipinski definition) is 3. The molecular formula is C16H27N3. The van der Waals surface area contributed by atoms with Crippen LogP contribution < -0.4 is 10.2 Å². The van der Waals surface area contributed by atoms with Gasteiger partial charge in [-0.2, -0.15) is 0 Å². The molecule has 0 aromatic carbocycles. The normalized spacial score (nSPS) is 16.7. The van der Waals surface area contributed by atoms with E-state index in [1.165, 1.54) is 24.1 Å². The third-order valence-electron chi connectivity index (χ3n) is 4.09. The standard InChI is InChI=1S/C16H27N3/c1-11(2)17-9-15-10-18-12(3)8-16(15)19(5)13(4)14-6-7-14/h8,10-11,13-14,17H,6-7,9H2,1-5H3. The smallest absolute Gasteiger partial charge is 0.0445 e. The van der Waals surface area contributed by atoms with E-state index in [9.17, 15) is 0 Å². The van der Waals surface area contributed by atoms with E-state index in [-0.39, 0.29) is 0 Å². The molecule has 2 rings (SSSR count). The van der Waals surface area contributed by atoms with Crippen molar-refractivity contribution in [2.45, 2.75) is 59.2 Å². The van der Waals surface area contributed by atoms with Crippen molar-refractivity contribution in [3.8, 4) is 0 Å². The Morgan fingerprint density at radius 3 is 2.63 bits per heavy atom. The maximum Gasteiger partial charge on any atom is 0.0445 e. The van der Waals surface area contributed by atoms with Gasteiger partial charge in [0.25, 0.3) is 0 Å². The maximum absolute atomic E-state index is 4.45. The van der Waals surface area contributed by atoms with Crippen molar-refractivity contribution in [1.29, 1.82) is 0 Å². The van der Waals surface area contributed by atoms with Crippen LogP contribution in [0.5, 0.6) is 0 Å². The summed E-state index contributed by atoms with van der Waals surface area (Å²) in [5, 5.41) is 3.49. The Morgan fingerprint density at radius 2 is 2.05 bits per heavy atom. The van der Waals surface area contributed by atoms with Crippen LogP contribution in [0.25, 0.3) is 0 Å². The van der Waals surface area contributed by atoms with E-state index in [0.29, 0.717) is 12.1 Å². The summed E-state index contributed by atoms with van der Waals surface area (Å²) >= 11 is 0. The van der Waals surface area contributed by atoms with Gasteiger partial charge in [0, 0.05) is 48.8 Å². The van der Waals surface area contributed by atoms with Crippen LogP contribution in [0.3, 0.4) is 0 Å². The van der Waals surface area contributed by atoms with Crippen molar-refractivity contribution in [3.05, 3.63) is 23.5 Å². The third-order valence-corrected chi connectivity index (χ3v) is 4.09. The fourth-order valence-corrected chi connectivity index (χ4v) is 2.47. The Balaban J connectivity index is 2.17. The molecule has 1 fully saturated rings. The zero-order valence-electron chi connectivity index (χ0n) is 12.9. The highest BCUT2D eigenvalue weighted by Crippen LogP contribution is 2.37. The van der Waals surface area contributed by atoms with E-state index in [0.717, 1.165) is 18.2 Å². The molecule has 106 valence electrons. The molecule has 1 saturated carbocycles. The molecule has 0 bridgehead atoms. The first kappa shape index (κ1) is 14.3. The van der Waals surface area contributed by atoms with Gasteiger partial charge in [-0.1, -0.05) is 13.8 Å². The van der Waals surface area contributed by atoms with Gasteiger partial charge in [-0.05, 0) is 38.7 Å². The van der Waals surface area contributed by atoms with Gasteiger partial charge in [-0.3, -0.25) is 4.98 Å². The summed E-state index contributed by atoms with van der Waals surface area (Å²) < 4.78 is 0. The zero-order chi connectivity index (χ0) is 14.0. The monoisotopic (exact) mass is 261 g/mol. The number of pyridine rings is 1. The quantitative estimate of drug-likeness (QED) is 0.853. The van der Waals surface area contributed by atoms with Crippen LogP contribution >= 0.6 is 0 Å². The van der Waals surface area contributed by atoms with E-state index in [1.807, 2.05) is 6.20 Å². The minimum atomic E-state index is 0.500. The topological polar surface area (TPSA) is 28.2 Å². The van der Waals surface area contributed by atoms with Crippen LogP contribution in [0.15, 0.2) is 12.3 Å². The number of hydrogen-bond donors (Lipinski definition) is 1. The Kier molecular flexibility index (Phi) is 4.46. The van der Waals surface area contributed by atoms with Crippen molar-refractivity contribution in [2.24, 2.45) is 5.92 Å². The average molecular weight is 261 g/mol. The SMILES string of the molecule is Cc1cc(N(C)C(C)C2CC2)c(CNC(C)C)cn1. The number of nitrogens with zero attached hydrogens (tertiary/aromatic N) is 2. The molecule has 0 amide bonds. The van der Waals surface area contributed by atoms with Crippen LogP contribution in [0.4, 0.5) is 5.69 Å². The lowest BCUT2D eigenvalue weighted by atomic mass is 10.1. The molecule has 1 N–H and O–H groups in total. The minimum absolute atomic E-state index is 0.500. The van der Waals surface area contributed by atoms with Crippen LogP contribution in [0.1, 0.15) is 44.9 Å². The summed E-state index contributed by atoms with van der Waals surface area (Å²) in [5.41, 5.74) is 3.73. The van der Waals surface area contributed by atoms with Gasteiger partial charge in [0.15, 0.2) is 0 Å². The first-order valence-corrected chi connectivity index (χ1v) is 7.40. The van der Waals surface area contributed by atoms with Gasteiger partial charge in [-0.15, -0.1) is 0 Å². The highest BCUT2D eigenvalue weighted by atomic mass is 15.1. The van der Waals surface area contributed by atoms with Gasteiger partial charge in [0.05, 0.1) is 0 Å². The Hall–Kier alpha value is -1.09. The number of anilines is 1. The summed E-state index contributed by atoms with van der Waals surface area (Å²) in [4.78, 5) is 6.89. The molecule has 0 radical (unpaired) electrons. The molecule has 1 heterocycles. The summed E-state index contributed by atoms with van der Waals surface area (Å²) in [6.45, 7) is 9.66. The van der Waals surface area contributed by atoms with E-state index in [4.69, 9.17) is 0 Å². The Bertz CT molecular complexity index is 424. The fraction of sp³-hybridized carbons (Fsp3) is 0.688. The van der Waals surface area contributed by atoms with Crippen molar-refractivity contribution < 1.29 is 0 Å². The van der Waals surface area contributed by atoms with Crippen molar-refractivity contribution in [1.82, 2.24) is 10.3 Å². The molecule has 1 aliphatic rings. The molecule has 0 spiro atoms. The zero-order valence-corrected chi connectivity index (χ0v) is 12.9. The van der Waals surface area contributed by atoms with Crippen LogP contribution in [0, 0.1) is 12.8 Å². The molecule has 19 heavy (non-hydrogen) atoms. The number of aromatic nitrogens is 1. The van der Waals surface area contributed by atoms with E-state index >= 15 is 0 Å². The van der Waals surface area contributed by atoms with Crippen LogP contribution in [-0.2, 0) is 6.54 Å². The molecular weight excluding hydrogens is 234 g/mol. The first-order valence-electron chi connectivity index (χ1n) is 7.40. The molecule has 1 aromatic heterocycles. The molecule has 3 nitrogen and oxygen atoms in total. The van der Waals surface area contributed by atoms with E-state index in [2.05, 4.69) is 56.0 Å². The average Bonchev–Trinajstić information content (AvgIpc) is 3.19. The lowest BCUT2D eigenvalue weighted by Crippen LogP contribution is -2.32. The highest BCUT2D eigenvalue weighted by molar-refractivity contribution is 5.54. The molecule has 0 aliphatic heterocycles. The minimum Gasteiger partial charge on any atom is -0.371 e. The van der Waals surface area contributed by atoms with Crippen LogP contribution in [-0.4, -0.2) is 24.1 Å². The van der Waals surface area contributed by atoms with Crippen molar-refractivity contribution in [3.63, 3.8) is 0 Å². The molecule has 0 saturated heterocycles. The molecule has 1 aromatic rings. The van der Waals surface area contributed by atoms with Gasteiger partial charge in [-0.25, -0.2) is 0 Å². The second kappa shape index (κ2) is 5.91. The highest BCUT2D eigenvalue weighted by Gasteiger charge is 2.31. The Morgan fingerprint density at radius 1 is 1.37 bits per heavy atom. The van der Waals surface area contributed by atoms with E-state index < -0.39 is 0 Å². The molecule has 1 aliphatic carbocycles. The summed E-state index contributed by atoms with van der Waals surface area (Å²) in [5.74, 6) is 0.879. The number of aryl methyl sites for hydroxylation is 1. The summed E-state index contributed by atoms with van der Waals surface area (Å²) in [6, 6.07) is 3.34. The molecule has 3 heteroatoms. The predicted molar refractivity (Wildman–Crippen MR) is 81.5 cm³/mol. The third kappa shape index (κ3) is 3.69. The fourth-order valence-electron chi connectivity index (χ4n) is 2.47. The van der Waals surface area contributed by atoms with Gasteiger partial charge < -0.3 is 10.2 Å². The number of nitrogens with one attached hydrogen (secondary N) is 1. The second-order valence-corrected chi connectivity index (χ2v) is 6.18. The predicted octanol–water partition coefficient (Wildman–Crippen LogP) is 3.12. The van der Waals surface area contributed by atoms with Crippen molar-refractivity contribution in [2.75, 3.05) is 11.9 Å². The second-order valence-electron chi connectivity index (χ2n) is 6.18. The van der Waals surface area contributed by atoms with Gasteiger partial charge in [0.2, 0.25) is 0 Å². The largest absolute Gasteiger partial charge is 0.371 e. The van der Waals surface area contributed by atoms with Gasteiger partial charge >= 0.3 is 0 Å². The summed E-state index contributed by atoms with van der Waals surface area (Å²) in [6.07, 6.45) is 4.79. The lowest BCUT2D eigenvalue weighted by Gasteiger charge is -2.29. The first-order chi connectivity index (χ1) is 8.99. The van der Waals surface area contributed by atoms with Crippen LogP contribution in [0.2, 0.25) is 0 Å². The van der Waals surface area contributed by atoms with E-state index in [1.54, 1.807) is 0 Å². The molecule has 1 unspecified atom stereocenters. The lowest BCUT2D eigenvalue weighted by molar-refractivity contribution is 0.578. The summed E-state index contributed by atoms with van der Waals surface area (Å²) in [7, 11) is 2.22. The Labute approximate surface area is 117 Å². The van der Waals surface area contributed by atoms with Crippen molar-refractivity contribution >= 4 is 5.69 Å². The maximum atomic E-state index is 4.45. The number of rotatable bonds is 6.